The lowest BCUT2D eigenvalue weighted by molar-refractivity contribution is 0.0118. The van der Waals surface area contributed by atoms with E-state index in [0.717, 1.165) is 19.4 Å². The Kier molecular flexibility index (Phi) is 4.19. The molecule has 0 bridgehead atoms. The van der Waals surface area contributed by atoms with Crippen molar-refractivity contribution < 1.29 is 4.74 Å². The Hall–Kier alpha value is -0.860. The maximum absolute atomic E-state index is 6.02. The van der Waals surface area contributed by atoms with Crippen LogP contribution in [0.3, 0.4) is 0 Å². The molecule has 17 heavy (non-hydrogen) atoms. The molecule has 1 fully saturated rings. The summed E-state index contributed by atoms with van der Waals surface area (Å²) in [5.74, 6) is 0. The Labute approximate surface area is 104 Å². The molecule has 94 valence electrons. The molecule has 0 saturated heterocycles. The van der Waals surface area contributed by atoms with Crippen LogP contribution in [-0.4, -0.2) is 12.1 Å². The SMILES string of the molecule is Cc1cccc(C)c1COC1CCCC(N)C1. The van der Waals surface area contributed by atoms with E-state index in [-0.39, 0.29) is 0 Å². The fourth-order valence-corrected chi connectivity index (χ4v) is 2.61. The molecule has 2 rings (SSSR count). The smallest absolute Gasteiger partial charge is 0.0725 e. The van der Waals surface area contributed by atoms with Gasteiger partial charge in [-0.25, -0.2) is 0 Å². The van der Waals surface area contributed by atoms with E-state index >= 15 is 0 Å². The molecule has 0 heterocycles. The van der Waals surface area contributed by atoms with Gasteiger partial charge in [0.2, 0.25) is 0 Å². The fraction of sp³-hybridized carbons (Fsp3) is 0.600. The second kappa shape index (κ2) is 5.65. The van der Waals surface area contributed by atoms with Gasteiger partial charge in [0.05, 0.1) is 12.7 Å². The van der Waals surface area contributed by atoms with E-state index in [1.807, 2.05) is 0 Å². The lowest BCUT2D eigenvalue weighted by Crippen LogP contribution is -2.32. The van der Waals surface area contributed by atoms with Crippen molar-refractivity contribution in [2.24, 2.45) is 5.73 Å². The van der Waals surface area contributed by atoms with Gasteiger partial charge in [-0.1, -0.05) is 18.2 Å². The maximum Gasteiger partial charge on any atom is 0.0725 e. The maximum atomic E-state index is 6.02. The quantitative estimate of drug-likeness (QED) is 0.870. The monoisotopic (exact) mass is 233 g/mol. The molecule has 0 aliphatic heterocycles. The second-order valence-corrected chi connectivity index (χ2v) is 5.23. The van der Waals surface area contributed by atoms with Gasteiger partial charge in [-0.2, -0.15) is 0 Å². The molecule has 2 heteroatoms. The molecule has 0 spiro atoms. The third kappa shape index (κ3) is 3.30. The van der Waals surface area contributed by atoms with Crippen molar-refractivity contribution in [3.63, 3.8) is 0 Å². The third-order valence-corrected chi connectivity index (χ3v) is 3.77. The molecule has 2 N–H and O–H groups in total. The predicted octanol–water partition coefficient (Wildman–Crippen LogP) is 3.09. The molecular weight excluding hydrogens is 210 g/mol. The molecule has 1 aliphatic rings. The molecule has 0 amide bonds. The zero-order valence-corrected chi connectivity index (χ0v) is 10.9. The summed E-state index contributed by atoms with van der Waals surface area (Å²) in [6.07, 6.45) is 4.91. The predicted molar refractivity (Wildman–Crippen MR) is 70.9 cm³/mol. The van der Waals surface area contributed by atoms with Crippen LogP contribution in [-0.2, 0) is 11.3 Å². The van der Waals surface area contributed by atoms with Gasteiger partial charge in [0, 0.05) is 6.04 Å². The van der Waals surface area contributed by atoms with Crippen molar-refractivity contribution in [1.29, 1.82) is 0 Å². The number of rotatable bonds is 3. The highest BCUT2D eigenvalue weighted by molar-refractivity contribution is 5.32. The highest BCUT2D eigenvalue weighted by Crippen LogP contribution is 2.22. The molecule has 0 aromatic heterocycles. The lowest BCUT2D eigenvalue weighted by Gasteiger charge is -2.27. The number of ether oxygens (including phenoxy) is 1. The third-order valence-electron chi connectivity index (χ3n) is 3.77. The summed E-state index contributed by atoms with van der Waals surface area (Å²) in [6, 6.07) is 6.74. The normalized spacial score (nSPS) is 24.9. The van der Waals surface area contributed by atoms with Crippen LogP contribution in [0, 0.1) is 13.8 Å². The van der Waals surface area contributed by atoms with Crippen molar-refractivity contribution in [2.45, 2.75) is 58.3 Å². The van der Waals surface area contributed by atoms with Crippen LogP contribution in [0.1, 0.15) is 42.4 Å². The lowest BCUT2D eigenvalue weighted by atomic mass is 9.93. The summed E-state index contributed by atoms with van der Waals surface area (Å²) in [5.41, 5.74) is 9.96. The first-order valence-electron chi connectivity index (χ1n) is 6.59. The minimum atomic E-state index is 0.340. The number of nitrogens with two attached hydrogens (primary N) is 1. The Morgan fingerprint density at radius 3 is 2.59 bits per heavy atom. The average molecular weight is 233 g/mol. The van der Waals surface area contributed by atoms with Gasteiger partial charge in [-0.15, -0.1) is 0 Å². The second-order valence-electron chi connectivity index (χ2n) is 5.23. The van der Waals surface area contributed by atoms with Crippen LogP contribution >= 0.6 is 0 Å². The Bertz CT molecular complexity index is 355. The van der Waals surface area contributed by atoms with Crippen LogP contribution in [0.4, 0.5) is 0 Å². The average Bonchev–Trinajstić information content (AvgIpc) is 2.28. The number of hydrogen-bond donors (Lipinski definition) is 1. The van der Waals surface area contributed by atoms with Gasteiger partial charge >= 0.3 is 0 Å². The van der Waals surface area contributed by atoms with E-state index in [1.165, 1.54) is 29.5 Å². The molecule has 0 radical (unpaired) electrons. The highest BCUT2D eigenvalue weighted by Gasteiger charge is 2.19. The van der Waals surface area contributed by atoms with Crippen molar-refractivity contribution in [1.82, 2.24) is 0 Å². The zero-order chi connectivity index (χ0) is 12.3. The topological polar surface area (TPSA) is 35.2 Å². The molecule has 2 atom stereocenters. The highest BCUT2D eigenvalue weighted by atomic mass is 16.5. The summed E-state index contributed by atoms with van der Waals surface area (Å²) in [6.45, 7) is 5.03. The van der Waals surface area contributed by atoms with Gasteiger partial charge in [0.25, 0.3) is 0 Å². The van der Waals surface area contributed by atoms with Crippen LogP contribution < -0.4 is 5.73 Å². The Morgan fingerprint density at radius 2 is 1.94 bits per heavy atom. The van der Waals surface area contributed by atoms with Crippen LogP contribution in [0.2, 0.25) is 0 Å². The largest absolute Gasteiger partial charge is 0.373 e. The molecule has 1 aromatic carbocycles. The summed E-state index contributed by atoms with van der Waals surface area (Å²) >= 11 is 0. The number of hydrogen-bond acceptors (Lipinski definition) is 2. The minimum Gasteiger partial charge on any atom is -0.373 e. The van der Waals surface area contributed by atoms with E-state index < -0.39 is 0 Å². The number of benzene rings is 1. The first-order valence-corrected chi connectivity index (χ1v) is 6.59. The summed E-state index contributed by atoms with van der Waals surface area (Å²) in [7, 11) is 0. The number of aryl methyl sites for hydroxylation is 2. The molecule has 1 saturated carbocycles. The van der Waals surface area contributed by atoms with Gasteiger partial charge in [-0.05, 0) is 56.2 Å². The molecular formula is C15H23NO. The van der Waals surface area contributed by atoms with Crippen molar-refractivity contribution in [3.05, 3.63) is 34.9 Å². The van der Waals surface area contributed by atoms with Crippen molar-refractivity contribution >= 4 is 0 Å². The van der Waals surface area contributed by atoms with E-state index in [0.29, 0.717) is 12.1 Å². The van der Waals surface area contributed by atoms with E-state index in [1.54, 1.807) is 0 Å². The minimum absolute atomic E-state index is 0.340. The van der Waals surface area contributed by atoms with E-state index in [2.05, 4.69) is 32.0 Å². The molecule has 2 unspecified atom stereocenters. The van der Waals surface area contributed by atoms with Gasteiger partial charge in [0.15, 0.2) is 0 Å². The standard InChI is InChI=1S/C15H23NO/c1-11-5-3-6-12(2)15(11)10-17-14-8-4-7-13(16)9-14/h3,5-6,13-14H,4,7-10,16H2,1-2H3. The van der Waals surface area contributed by atoms with Crippen LogP contribution in [0.5, 0.6) is 0 Å². The molecule has 2 nitrogen and oxygen atoms in total. The fourth-order valence-electron chi connectivity index (χ4n) is 2.61. The van der Waals surface area contributed by atoms with E-state index in [4.69, 9.17) is 10.5 Å². The van der Waals surface area contributed by atoms with Crippen LogP contribution in [0.25, 0.3) is 0 Å². The molecule has 1 aliphatic carbocycles. The van der Waals surface area contributed by atoms with Gasteiger partial charge in [0.1, 0.15) is 0 Å². The van der Waals surface area contributed by atoms with Gasteiger partial charge < -0.3 is 10.5 Å². The van der Waals surface area contributed by atoms with Crippen LogP contribution in [0.15, 0.2) is 18.2 Å². The summed E-state index contributed by atoms with van der Waals surface area (Å²) < 4.78 is 6.02. The van der Waals surface area contributed by atoms with E-state index in [9.17, 15) is 0 Å². The van der Waals surface area contributed by atoms with Crippen molar-refractivity contribution in [2.75, 3.05) is 0 Å². The summed E-state index contributed by atoms with van der Waals surface area (Å²) in [5, 5.41) is 0. The summed E-state index contributed by atoms with van der Waals surface area (Å²) in [4.78, 5) is 0. The first kappa shape index (κ1) is 12.6. The van der Waals surface area contributed by atoms with Crippen molar-refractivity contribution in [3.8, 4) is 0 Å². The zero-order valence-electron chi connectivity index (χ0n) is 10.9. The van der Waals surface area contributed by atoms with Gasteiger partial charge in [-0.3, -0.25) is 0 Å². The first-order chi connectivity index (χ1) is 8.16. The molecule has 1 aromatic rings. The Balaban J connectivity index is 1.93. The Morgan fingerprint density at radius 1 is 1.24 bits per heavy atom.